The third-order valence-corrected chi connectivity index (χ3v) is 5.01. The molecular weight excluding hydrogens is 327 g/mol. The molecule has 0 aliphatic heterocycles. The molecular formula is C22H27FN2O. The minimum Gasteiger partial charge on any atom is -0.340 e. The van der Waals surface area contributed by atoms with Crippen LogP contribution in [0.3, 0.4) is 0 Å². The van der Waals surface area contributed by atoms with Gasteiger partial charge in [0.25, 0.3) is 0 Å². The van der Waals surface area contributed by atoms with Gasteiger partial charge in [-0.05, 0) is 36.5 Å². The molecule has 0 N–H and O–H groups in total. The average Bonchev–Trinajstić information content (AvgIpc) is 3.48. The fourth-order valence-corrected chi connectivity index (χ4v) is 3.14. The molecule has 26 heavy (non-hydrogen) atoms. The molecule has 1 fully saturated rings. The summed E-state index contributed by atoms with van der Waals surface area (Å²) in [5.74, 6) is -0.122. The topological polar surface area (TPSA) is 23.6 Å². The molecule has 2 aromatic carbocycles. The Balaban J connectivity index is 1.59. The van der Waals surface area contributed by atoms with E-state index in [4.69, 9.17) is 0 Å². The van der Waals surface area contributed by atoms with E-state index in [1.807, 2.05) is 13.1 Å². The van der Waals surface area contributed by atoms with Gasteiger partial charge in [0.2, 0.25) is 5.91 Å². The van der Waals surface area contributed by atoms with E-state index in [0.717, 1.165) is 24.8 Å². The Labute approximate surface area is 155 Å². The van der Waals surface area contributed by atoms with E-state index >= 15 is 0 Å². The Morgan fingerprint density at radius 3 is 2.31 bits per heavy atom. The maximum atomic E-state index is 14.0. The summed E-state index contributed by atoms with van der Waals surface area (Å²) in [7, 11) is 1.84. The summed E-state index contributed by atoms with van der Waals surface area (Å²) >= 11 is 0. The van der Waals surface area contributed by atoms with Crippen LogP contribution in [-0.4, -0.2) is 35.3 Å². The molecule has 3 rings (SSSR count). The number of benzene rings is 2. The quantitative estimate of drug-likeness (QED) is 0.715. The SMILES string of the molecule is CCc1ccc(CN(C)C(=O)CN(Cc2ccccc2F)C2CC2)cc1. The van der Waals surface area contributed by atoms with E-state index in [-0.39, 0.29) is 11.7 Å². The molecule has 0 unspecified atom stereocenters. The Kier molecular flexibility index (Phi) is 6.04. The normalized spacial score (nSPS) is 13.8. The van der Waals surface area contributed by atoms with E-state index < -0.39 is 0 Å². The van der Waals surface area contributed by atoms with Crippen molar-refractivity contribution in [3.05, 3.63) is 71.0 Å². The molecule has 0 saturated heterocycles. The van der Waals surface area contributed by atoms with Gasteiger partial charge in [0, 0.05) is 31.7 Å². The van der Waals surface area contributed by atoms with Crippen LogP contribution in [0.5, 0.6) is 0 Å². The number of carbonyl (C=O) groups is 1. The van der Waals surface area contributed by atoms with Crippen molar-refractivity contribution >= 4 is 5.91 Å². The number of hydrogen-bond donors (Lipinski definition) is 0. The lowest BCUT2D eigenvalue weighted by atomic mass is 10.1. The standard InChI is InChI=1S/C22H27FN2O/c1-3-17-8-10-18(11-9-17)14-24(2)22(26)16-25(20-12-13-20)15-19-6-4-5-7-21(19)23/h4-11,20H,3,12-16H2,1-2H3. The summed E-state index contributed by atoms with van der Waals surface area (Å²) < 4.78 is 14.0. The van der Waals surface area contributed by atoms with Gasteiger partial charge in [-0.25, -0.2) is 4.39 Å². The van der Waals surface area contributed by atoms with Crippen LogP contribution >= 0.6 is 0 Å². The van der Waals surface area contributed by atoms with E-state index in [2.05, 4.69) is 36.1 Å². The van der Waals surface area contributed by atoms with Gasteiger partial charge in [-0.3, -0.25) is 9.69 Å². The first kappa shape index (κ1) is 18.6. The van der Waals surface area contributed by atoms with E-state index in [0.29, 0.717) is 31.2 Å². The van der Waals surface area contributed by atoms with Gasteiger partial charge >= 0.3 is 0 Å². The van der Waals surface area contributed by atoms with Crippen LogP contribution < -0.4 is 0 Å². The van der Waals surface area contributed by atoms with Crippen LogP contribution in [0.15, 0.2) is 48.5 Å². The van der Waals surface area contributed by atoms with Crippen molar-refractivity contribution in [3.63, 3.8) is 0 Å². The zero-order valence-corrected chi connectivity index (χ0v) is 15.6. The summed E-state index contributed by atoms with van der Waals surface area (Å²) in [4.78, 5) is 16.5. The van der Waals surface area contributed by atoms with Gasteiger partial charge in [-0.1, -0.05) is 49.4 Å². The molecule has 0 atom stereocenters. The second-order valence-electron chi connectivity index (χ2n) is 7.15. The van der Waals surface area contributed by atoms with Crippen LogP contribution in [0.25, 0.3) is 0 Å². The number of amides is 1. The Hall–Kier alpha value is -2.20. The van der Waals surface area contributed by atoms with Crippen molar-refractivity contribution in [1.29, 1.82) is 0 Å². The first-order valence-corrected chi connectivity index (χ1v) is 9.36. The van der Waals surface area contributed by atoms with Crippen molar-refractivity contribution in [3.8, 4) is 0 Å². The van der Waals surface area contributed by atoms with E-state index in [9.17, 15) is 9.18 Å². The maximum absolute atomic E-state index is 14.0. The molecule has 0 spiro atoms. The number of rotatable bonds is 8. The smallest absolute Gasteiger partial charge is 0.236 e. The number of halogens is 1. The molecule has 3 nitrogen and oxygen atoms in total. The number of likely N-dealkylation sites (N-methyl/N-ethyl adjacent to an activating group) is 1. The molecule has 0 radical (unpaired) electrons. The lowest BCUT2D eigenvalue weighted by Gasteiger charge is -2.25. The molecule has 0 bridgehead atoms. The van der Waals surface area contributed by atoms with Crippen molar-refractivity contribution in [2.24, 2.45) is 0 Å². The van der Waals surface area contributed by atoms with Crippen molar-refractivity contribution in [2.45, 2.75) is 45.3 Å². The predicted octanol–water partition coefficient (Wildman–Crippen LogP) is 4.01. The fourth-order valence-electron chi connectivity index (χ4n) is 3.14. The second-order valence-corrected chi connectivity index (χ2v) is 7.15. The second kappa shape index (κ2) is 8.45. The highest BCUT2D eigenvalue weighted by molar-refractivity contribution is 5.78. The number of aryl methyl sites for hydroxylation is 1. The van der Waals surface area contributed by atoms with E-state index in [1.165, 1.54) is 11.6 Å². The third kappa shape index (κ3) is 4.92. The van der Waals surface area contributed by atoms with Gasteiger partial charge in [-0.15, -0.1) is 0 Å². The average molecular weight is 354 g/mol. The molecule has 0 aromatic heterocycles. The summed E-state index contributed by atoms with van der Waals surface area (Å²) in [6, 6.07) is 15.6. The lowest BCUT2D eigenvalue weighted by Crippen LogP contribution is -2.39. The van der Waals surface area contributed by atoms with Gasteiger partial charge in [0.1, 0.15) is 5.82 Å². The summed E-state index contributed by atoms with van der Waals surface area (Å²) in [6.07, 6.45) is 3.19. The highest BCUT2D eigenvalue weighted by Gasteiger charge is 2.31. The molecule has 2 aromatic rings. The number of nitrogens with zero attached hydrogens (tertiary/aromatic N) is 2. The Morgan fingerprint density at radius 1 is 1.04 bits per heavy atom. The highest BCUT2D eigenvalue weighted by Crippen LogP contribution is 2.28. The first-order valence-electron chi connectivity index (χ1n) is 9.36. The first-order chi connectivity index (χ1) is 12.6. The molecule has 138 valence electrons. The largest absolute Gasteiger partial charge is 0.340 e. The molecule has 4 heteroatoms. The highest BCUT2D eigenvalue weighted by atomic mass is 19.1. The minimum atomic E-state index is -0.199. The molecule has 0 heterocycles. The maximum Gasteiger partial charge on any atom is 0.236 e. The molecule has 1 aliphatic rings. The van der Waals surface area contributed by atoms with Gasteiger partial charge in [-0.2, -0.15) is 0 Å². The van der Waals surface area contributed by atoms with Crippen LogP contribution in [0.1, 0.15) is 36.5 Å². The van der Waals surface area contributed by atoms with Crippen molar-refractivity contribution in [1.82, 2.24) is 9.80 Å². The van der Waals surface area contributed by atoms with Gasteiger partial charge in [0.15, 0.2) is 0 Å². The van der Waals surface area contributed by atoms with Gasteiger partial charge in [0.05, 0.1) is 6.54 Å². The summed E-state index contributed by atoms with van der Waals surface area (Å²) in [5.41, 5.74) is 3.09. The van der Waals surface area contributed by atoms with Crippen LogP contribution in [0, 0.1) is 5.82 Å². The van der Waals surface area contributed by atoms with Crippen LogP contribution in [0.2, 0.25) is 0 Å². The molecule has 1 aliphatic carbocycles. The Bertz CT molecular complexity index is 740. The van der Waals surface area contributed by atoms with Crippen LogP contribution in [-0.2, 0) is 24.3 Å². The fraction of sp³-hybridized carbons (Fsp3) is 0.409. The Morgan fingerprint density at radius 2 is 1.69 bits per heavy atom. The summed E-state index contributed by atoms with van der Waals surface area (Å²) in [5, 5.41) is 0. The zero-order valence-electron chi connectivity index (χ0n) is 15.6. The predicted molar refractivity (Wildman–Crippen MR) is 102 cm³/mol. The third-order valence-electron chi connectivity index (χ3n) is 5.01. The number of hydrogen-bond acceptors (Lipinski definition) is 2. The molecule has 1 saturated carbocycles. The van der Waals surface area contributed by atoms with Gasteiger partial charge < -0.3 is 4.90 Å². The zero-order chi connectivity index (χ0) is 18.5. The van der Waals surface area contributed by atoms with E-state index in [1.54, 1.807) is 17.0 Å². The summed E-state index contributed by atoms with van der Waals surface area (Å²) in [6.45, 7) is 3.55. The number of carbonyl (C=O) groups excluding carboxylic acids is 1. The van der Waals surface area contributed by atoms with Crippen molar-refractivity contribution < 1.29 is 9.18 Å². The van der Waals surface area contributed by atoms with Crippen LogP contribution in [0.4, 0.5) is 4.39 Å². The lowest BCUT2D eigenvalue weighted by molar-refractivity contribution is -0.132. The van der Waals surface area contributed by atoms with Crippen molar-refractivity contribution in [2.75, 3.05) is 13.6 Å². The molecule has 1 amide bonds. The monoisotopic (exact) mass is 354 g/mol. The minimum absolute atomic E-state index is 0.0767.